The van der Waals surface area contributed by atoms with Crippen LogP contribution >= 0.6 is 0 Å². The fourth-order valence-corrected chi connectivity index (χ4v) is 3.30. The maximum Gasteiger partial charge on any atom is 0.271 e. The van der Waals surface area contributed by atoms with E-state index >= 15 is 0 Å². The van der Waals surface area contributed by atoms with Crippen LogP contribution < -0.4 is 5.32 Å². The molecule has 1 saturated heterocycles. The fourth-order valence-electron chi connectivity index (χ4n) is 3.30. The molecule has 0 radical (unpaired) electrons. The highest BCUT2D eigenvalue weighted by atomic mass is 16.3. The number of aliphatic hydroxyl groups is 1. The first-order valence-corrected chi connectivity index (χ1v) is 9.02. The molecule has 1 fully saturated rings. The lowest BCUT2D eigenvalue weighted by Crippen LogP contribution is -2.33. The van der Waals surface area contributed by atoms with Crippen LogP contribution in [0.4, 0.5) is 0 Å². The van der Waals surface area contributed by atoms with Gasteiger partial charge in [0, 0.05) is 18.8 Å². The lowest BCUT2D eigenvalue weighted by molar-refractivity contribution is 0.0946. The van der Waals surface area contributed by atoms with Gasteiger partial charge in [-0.2, -0.15) is 5.10 Å². The summed E-state index contributed by atoms with van der Waals surface area (Å²) in [6, 6.07) is 11.8. The molecule has 25 heavy (non-hydrogen) atoms. The molecule has 1 aliphatic rings. The summed E-state index contributed by atoms with van der Waals surface area (Å²) in [6.45, 7) is 2.97. The van der Waals surface area contributed by atoms with E-state index in [1.54, 1.807) is 16.9 Å². The minimum Gasteiger partial charge on any atom is -0.395 e. The van der Waals surface area contributed by atoms with Crippen molar-refractivity contribution in [3.63, 3.8) is 0 Å². The second-order valence-electron chi connectivity index (χ2n) is 6.46. The monoisotopic (exact) mass is 342 g/mol. The van der Waals surface area contributed by atoms with E-state index < -0.39 is 0 Å². The molecule has 3 rings (SSSR count). The first-order chi connectivity index (χ1) is 12.3. The Bertz CT molecular complexity index is 671. The summed E-state index contributed by atoms with van der Waals surface area (Å²) in [5, 5.41) is 16.6. The average molecular weight is 342 g/mol. The quantitative estimate of drug-likeness (QED) is 0.718. The Hall–Kier alpha value is -2.18. The van der Waals surface area contributed by atoms with E-state index in [4.69, 9.17) is 0 Å². The average Bonchev–Trinajstić information content (AvgIpc) is 3.31. The fraction of sp³-hybridized carbons (Fsp3) is 0.474. The molecule has 0 saturated carbocycles. The predicted octanol–water partition coefficient (Wildman–Crippen LogP) is 1.84. The molecule has 2 N–H and O–H groups in total. The van der Waals surface area contributed by atoms with Gasteiger partial charge in [-0.25, -0.2) is 4.68 Å². The minimum atomic E-state index is -0.135. The Morgan fingerprint density at radius 2 is 2.08 bits per heavy atom. The number of likely N-dealkylation sites (tertiary alicyclic amines) is 1. The van der Waals surface area contributed by atoms with Crippen molar-refractivity contribution in [2.45, 2.75) is 31.7 Å². The van der Waals surface area contributed by atoms with Gasteiger partial charge < -0.3 is 10.4 Å². The molecule has 1 aromatic heterocycles. The standard InChI is InChI=1S/C19H26N4O2/c24-15-17-9-6-13-22(17)12-5-4-11-20-19(25)18-10-14-23(21-18)16-7-2-1-3-8-16/h1-3,7-8,10,14,17,24H,4-6,9,11-13,15H2,(H,20,25). The van der Waals surface area contributed by atoms with Gasteiger partial charge in [0.25, 0.3) is 5.91 Å². The third kappa shape index (κ3) is 4.67. The number of nitrogens with one attached hydrogen (secondary N) is 1. The lowest BCUT2D eigenvalue weighted by atomic mass is 10.2. The van der Waals surface area contributed by atoms with Gasteiger partial charge in [-0.05, 0) is 57.0 Å². The zero-order valence-electron chi connectivity index (χ0n) is 14.5. The van der Waals surface area contributed by atoms with Crippen LogP contribution in [-0.2, 0) is 0 Å². The SMILES string of the molecule is O=C(NCCCCN1CCCC1CO)c1ccn(-c2ccccc2)n1. The molecular weight excluding hydrogens is 316 g/mol. The summed E-state index contributed by atoms with van der Waals surface area (Å²) in [5.41, 5.74) is 1.37. The van der Waals surface area contributed by atoms with Gasteiger partial charge in [0.1, 0.15) is 0 Å². The maximum absolute atomic E-state index is 12.2. The molecule has 1 atom stereocenters. The van der Waals surface area contributed by atoms with Gasteiger partial charge >= 0.3 is 0 Å². The topological polar surface area (TPSA) is 70.4 Å². The molecule has 0 spiro atoms. The van der Waals surface area contributed by atoms with Gasteiger partial charge in [-0.15, -0.1) is 0 Å². The number of carbonyl (C=O) groups is 1. The summed E-state index contributed by atoms with van der Waals surface area (Å²) >= 11 is 0. The van der Waals surface area contributed by atoms with Crippen molar-refractivity contribution in [1.29, 1.82) is 0 Å². The molecule has 6 nitrogen and oxygen atoms in total. The number of hydrogen-bond donors (Lipinski definition) is 2. The maximum atomic E-state index is 12.2. The predicted molar refractivity (Wildman–Crippen MR) is 96.8 cm³/mol. The Balaban J connectivity index is 1.39. The summed E-state index contributed by atoms with van der Waals surface area (Å²) < 4.78 is 1.71. The van der Waals surface area contributed by atoms with Crippen molar-refractivity contribution >= 4 is 5.91 Å². The van der Waals surface area contributed by atoms with E-state index in [9.17, 15) is 9.90 Å². The van der Waals surface area contributed by atoms with Crippen LogP contribution in [0.3, 0.4) is 0 Å². The smallest absolute Gasteiger partial charge is 0.271 e. The molecule has 2 heterocycles. The number of rotatable bonds is 8. The number of carbonyl (C=O) groups excluding carboxylic acids is 1. The highest BCUT2D eigenvalue weighted by Gasteiger charge is 2.22. The van der Waals surface area contributed by atoms with Crippen molar-refractivity contribution < 1.29 is 9.90 Å². The zero-order chi connectivity index (χ0) is 17.5. The van der Waals surface area contributed by atoms with Crippen LogP contribution in [0.25, 0.3) is 5.69 Å². The molecule has 0 aliphatic carbocycles. The third-order valence-corrected chi connectivity index (χ3v) is 4.71. The molecule has 1 aromatic carbocycles. The zero-order valence-corrected chi connectivity index (χ0v) is 14.5. The normalized spacial score (nSPS) is 17.7. The van der Waals surface area contributed by atoms with Gasteiger partial charge in [-0.3, -0.25) is 9.69 Å². The Kier molecular flexibility index (Phi) is 6.19. The number of aromatic nitrogens is 2. The molecule has 1 amide bonds. The van der Waals surface area contributed by atoms with Gasteiger partial charge in [0.2, 0.25) is 0 Å². The van der Waals surface area contributed by atoms with Gasteiger partial charge in [0.15, 0.2) is 5.69 Å². The number of aliphatic hydroxyl groups excluding tert-OH is 1. The second-order valence-corrected chi connectivity index (χ2v) is 6.46. The third-order valence-electron chi connectivity index (χ3n) is 4.71. The van der Waals surface area contributed by atoms with Crippen molar-refractivity contribution in [3.8, 4) is 5.69 Å². The molecule has 0 bridgehead atoms. The lowest BCUT2D eigenvalue weighted by Gasteiger charge is -2.22. The van der Waals surface area contributed by atoms with Gasteiger partial charge in [-0.1, -0.05) is 18.2 Å². The summed E-state index contributed by atoms with van der Waals surface area (Å²) in [7, 11) is 0. The number of unbranched alkanes of at least 4 members (excludes halogenated alkanes) is 1. The van der Waals surface area contributed by atoms with Crippen molar-refractivity contribution in [2.75, 3.05) is 26.2 Å². The molecule has 2 aromatic rings. The minimum absolute atomic E-state index is 0.135. The summed E-state index contributed by atoms with van der Waals surface area (Å²) in [4.78, 5) is 14.5. The van der Waals surface area contributed by atoms with E-state index in [2.05, 4.69) is 15.3 Å². The summed E-state index contributed by atoms with van der Waals surface area (Å²) in [5.74, 6) is -0.135. The first kappa shape index (κ1) is 17.6. The second kappa shape index (κ2) is 8.78. The van der Waals surface area contributed by atoms with E-state index in [-0.39, 0.29) is 12.5 Å². The number of para-hydroxylation sites is 1. The van der Waals surface area contributed by atoms with Crippen LogP contribution in [0, 0.1) is 0 Å². The summed E-state index contributed by atoms with van der Waals surface area (Å²) in [6.07, 6.45) is 6.02. The Morgan fingerprint density at radius 1 is 1.24 bits per heavy atom. The number of amides is 1. The van der Waals surface area contributed by atoms with Crippen LogP contribution in [0.15, 0.2) is 42.6 Å². The Labute approximate surface area is 148 Å². The molecule has 1 unspecified atom stereocenters. The van der Waals surface area contributed by atoms with Crippen LogP contribution in [0.1, 0.15) is 36.2 Å². The van der Waals surface area contributed by atoms with Crippen LogP contribution in [0.2, 0.25) is 0 Å². The number of hydrogen-bond acceptors (Lipinski definition) is 4. The molecule has 6 heteroatoms. The molecule has 134 valence electrons. The first-order valence-electron chi connectivity index (χ1n) is 9.02. The number of nitrogens with zero attached hydrogens (tertiary/aromatic N) is 3. The number of benzene rings is 1. The van der Waals surface area contributed by atoms with Crippen molar-refractivity contribution in [2.24, 2.45) is 0 Å². The molecular formula is C19H26N4O2. The van der Waals surface area contributed by atoms with E-state index in [1.165, 1.54) is 6.42 Å². The van der Waals surface area contributed by atoms with Crippen LogP contribution in [-0.4, -0.2) is 58.0 Å². The Morgan fingerprint density at radius 3 is 2.88 bits per heavy atom. The van der Waals surface area contributed by atoms with E-state index in [1.807, 2.05) is 30.3 Å². The largest absolute Gasteiger partial charge is 0.395 e. The van der Waals surface area contributed by atoms with Crippen molar-refractivity contribution in [1.82, 2.24) is 20.0 Å². The van der Waals surface area contributed by atoms with E-state index in [0.29, 0.717) is 18.3 Å². The van der Waals surface area contributed by atoms with E-state index in [0.717, 1.165) is 38.0 Å². The van der Waals surface area contributed by atoms with Crippen LogP contribution in [0.5, 0.6) is 0 Å². The highest BCUT2D eigenvalue weighted by molar-refractivity contribution is 5.92. The van der Waals surface area contributed by atoms with Crippen molar-refractivity contribution in [3.05, 3.63) is 48.3 Å². The van der Waals surface area contributed by atoms with Gasteiger partial charge in [0.05, 0.1) is 12.3 Å². The molecule has 1 aliphatic heterocycles. The highest BCUT2D eigenvalue weighted by Crippen LogP contribution is 2.16.